The van der Waals surface area contributed by atoms with Gasteiger partial charge in [-0.2, -0.15) is 0 Å². The number of rotatable bonds is 9. The largest absolute Gasteiger partial charge is 0.507 e. The number of nitrogens with zero attached hydrogens (tertiary/aromatic N) is 2. The predicted molar refractivity (Wildman–Crippen MR) is 135 cm³/mol. The van der Waals surface area contributed by atoms with E-state index in [1.165, 1.54) is 11.0 Å². The maximum atomic E-state index is 13.2. The number of aryl methyl sites for hydroxylation is 1. The first-order valence-corrected chi connectivity index (χ1v) is 12.3. The van der Waals surface area contributed by atoms with Gasteiger partial charge in [-0.1, -0.05) is 41.9 Å². The molecular weight excluding hydrogens is 500 g/mol. The lowest BCUT2D eigenvalue weighted by Crippen LogP contribution is -2.38. The van der Waals surface area contributed by atoms with Crippen LogP contribution in [0.3, 0.4) is 0 Å². The van der Waals surface area contributed by atoms with Gasteiger partial charge >= 0.3 is 0 Å². The van der Waals surface area contributed by atoms with Gasteiger partial charge in [0.25, 0.3) is 11.7 Å². The van der Waals surface area contributed by atoms with Crippen molar-refractivity contribution in [3.05, 3.63) is 63.1 Å². The third kappa shape index (κ3) is 5.13. The van der Waals surface area contributed by atoms with E-state index in [4.69, 9.17) is 4.74 Å². The molecule has 0 aromatic heterocycles. The number of ether oxygens (including phenoxy) is 1. The summed E-state index contributed by atoms with van der Waals surface area (Å²) in [6, 6.07) is 9.22. The second-order valence-electron chi connectivity index (χ2n) is 8.14. The number of ketones is 1. The zero-order valence-corrected chi connectivity index (χ0v) is 21.6. The Labute approximate surface area is 208 Å². The van der Waals surface area contributed by atoms with Crippen molar-refractivity contribution >= 4 is 33.4 Å². The van der Waals surface area contributed by atoms with Crippen molar-refractivity contribution in [2.24, 2.45) is 0 Å². The molecule has 7 nitrogen and oxygen atoms in total. The average molecular weight is 531 g/mol. The highest BCUT2D eigenvalue weighted by Crippen LogP contribution is 2.42. The molecule has 0 aliphatic carbocycles. The number of Topliss-reactive ketones (excluding diaryl/α,β-unsaturated/α-hetero) is 1. The van der Waals surface area contributed by atoms with Crippen LogP contribution >= 0.6 is 15.9 Å². The highest BCUT2D eigenvalue weighted by Gasteiger charge is 2.46. The van der Waals surface area contributed by atoms with Gasteiger partial charge in [-0.25, -0.2) is 0 Å². The van der Waals surface area contributed by atoms with Crippen molar-refractivity contribution in [3.8, 4) is 11.5 Å². The number of benzene rings is 2. The topological polar surface area (TPSA) is 90.3 Å². The lowest BCUT2D eigenvalue weighted by atomic mass is 9.94. The number of hydrogen-bond donors (Lipinski definition) is 2. The number of aliphatic hydroxyl groups is 1. The quantitative estimate of drug-likeness (QED) is 0.279. The molecule has 1 heterocycles. The van der Waals surface area contributed by atoms with Crippen LogP contribution in [0.1, 0.15) is 43.5 Å². The number of phenols is 1. The van der Waals surface area contributed by atoms with Crippen LogP contribution in [0, 0.1) is 6.92 Å². The molecule has 3 rings (SSSR count). The van der Waals surface area contributed by atoms with E-state index in [2.05, 4.69) is 20.8 Å². The summed E-state index contributed by atoms with van der Waals surface area (Å²) in [5.74, 6) is -1.38. The number of phenolic OH excluding ortho intramolecular Hbond substituents is 1. The molecule has 1 fully saturated rings. The van der Waals surface area contributed by atoms with E-state index in [1.807, 2.05) is 20.8 Å². The Morgan fingerprint density at radius 3 is 2.44 bits per heavy atom. The molecule has 1 aliphatic heterocycles. The van der Waals surface area contributed by atoms with Crippen molar-refractivity contribution in [2.45, 2.75) is 33.7 Å². The molecule has 0 saturated carbocycles. The first-order valence-electron chi connectivity index (χ1n) is 11.5. The van der Waals surface area contributed by atoms with Crippen LogP contribution in [-0.4, -0.2) is 64.5 Å². The number of likely N-dealkylation sites (N-methyl/N-ethyl adjacent to an activating group) is 1. The van der Waals surface area contributed by atoms with E-state index < -0.39 is 17.7 Å². The SMILES string of the molecule is CCOc1cc(C2/C(=C(/O)c3ccc(Br)c(C)c3)C(=O)C(=O)N2CCN(CC)CC)ccc1O. The number of halogens is 1. The van der Waals surface area contributed by atoms with Crippen LogP contribution in [0.5, 0.6) is 11.5 Å². The van der Waals surface area contributed by atoms with Gasteiger partial charge in [0.05, 0.1) is 18.2 Å². The Bertz CT molecular complexity index is 1110. The zero-order chi connectivity index (χ0) is 25.0. The summed E-state index contributed by atoms with van der Waals surface area (Å²) in [6.45, 7) is 10.7. The van der Waals surface area contributed by atoms with Gasteiger partial charge in [-0.3, -0.25) is 9.59 Å². The number of amides is 1. The van der Waals surface area contributed by atoms with E-state index in [9.17, 15) is 19.8 Å². The fraction of sp³-hybridized carbons (Fsp3) is 0.385. The number of carbonyl (C=O) groups is 2. The first kappa shape index (κ1) is 25.8. The molecule has 2 aromatic rings. The van der Waals surface area contributed by atoms with Crippen LogP contribution in [0.4, 0.5) is 0 Å². The number of aliphatic hydroxyl groups excluding tert-OH is 1. The highest BCUT2D eigenvalue weighted by atomic mass is 79.9. The Kier molecular flexibility index (Phi) is 8.38. The van der Waals surface area contributed by atoms with Crippen LogP contribution in [0.25, 0.3) is 5.76 Å². The Morgan fingerprint density at radius 2 is 1.82 bits per heavy atom. The third-order valence-corrected chi connectivity index (χ3v) is 7.01. The second-order valence-corrected chi connectivity index (χ2v) is 9.00. The zero-order valence-electron chi connectivity index (χ0n) is 20.0. The van der Waals surface area contributed by atoms with Gasteiger partial charge in [0.15, 0.2) is 11.5 Å². The molecule has 1 amide bonds. The summed E-state index contributed by atoms with van der Waals surface area (Å²) >= 11 is 3.45. The van der Waals surface area contributed by atoms with Gasteiger partial charge in [0, 0.05) is 23.1 Å². The van der Waals surface area contributed by atoms with Crippen molar-refractivity contribution < 1.29 is 24.5 Å². The molecule has 0 spiro atoms. The Balaban J connectivity index is 2.16. The van der Waals surface area contributed by atoms with E-state index >= 15 is 0 Å². The van der Waals surface area contributed by atoms with E-state index in [0.717, 1.165) is 23.1 Å². The third-order valence-electron chi connectivity index (χ3n) is 6.12. The molecule has 182 valence electrons. The average Bonchev–Trinajstić information content (AvgIpc) is 3.07. The molecule has 1 unspecified atom stereocenters. The van der Waals surface area contributed by atoms with Gasteiger partial charge in [-0.15, -0.1) is 0 Å². The predicted octanol–water partition coefficient (Wildman–Crippen LogP) is 4.63. The number of aromatic hydroxyl groups is 1. The molecule has 1 aliphatic rings. The number of carbonyl (C=O) groups excluding carboxylic acids is 2. The number of hydrogen-bond acceptors (Lipinski definition) is 6. The minimum absolute atomic E-state index is 0.0272. The normalized spacial score (nSPS) is 17.6. The van der Waals surface area contributed by atoms with Crippen molar-refractivity contribution in [1.29, 1.82) is 0 Å². The van der Waals surface area contributed by atoms with Crippen molar-refractivity contribution in [1.82, 2.24) is 9.80 Å². The number of likely N-dealkylation sites (tertiary alicyclic amines) is 1. The fourth-order valence-corrected chi connectivity index (χ4v) is 4.41. The van der Waals surface area contributed by atoms with Crippen LogP contribution in [0.15, 0.2) is 46.4 Å². The summed E-state index contributed by atoms with van der Waals surface area (Å²) in [6.07, 6.45) is 0. The Hall–Kier alpha value is -2.84. The summed E-state index contributed by atoms with van der Waals surface area (Å²) in [5, 5.41) is 21.4. The molecular formula is C26H31BrN2O5. The summed E-state index contributed by atoms with van der Waals surface area (Å²) in [5.41, 5.74) is 1.95. The van der Waals surface area contributed by atoms with Crippen molar-refractivity contribution in [3.63, 3.8) is 0 Å². The van der Waals surface area contributed by atoms with E-state index in [0.29, 0.717) is 30.8 Å². The molecule has 1 atom stereocenters. The lowest BCUT2D eigenvalue weighted by molar-refractivity contribution is -0.140. The minimum Gasteiger partial charge on any atom is -0.507 e. The smallest absolute Gasteiger partial charge is 0.295 e. The second kappa shape index (κ2) is 11.1. The maximum absolute atomic E-state index is 13.2. The standard InChI is InChI=1S/C26H31BrN2O5/c1-5-28(6-2)12-13-29-23(17-9-11-20(30)21(15-17)34-7-3)22(25(32)26(29)33)24(31)18-8-10-19(27)16(4)14-18/h8-11,14-15,23,30-31H,5-7,12-13H2,1-4H3/b24-22-. The van der Waals surface area contributed by atoms with Crippen LogP contribution < -0.4 is 4.74 Å². The monoisotopic (exact) mass is 530 g/mol. The maximum Gasteiger partial charge on any atom is 0.295 e. The van der Waals surface area contributed by atoms with Gasteiger partial charge in [0.1, 0.15) is 5.76 Å². The Morgan fingerprint density at radius 1 is 1.12 bits per heavy atom. The molecule has 1 saturated heterocycles. The first-order chi connectivity index (χ1) is 16.2. The molecule has 2 aromatic carbocycles. The molecule has 0 bridgehead atoms. The van der Waals surface area contributed by atoms with Gasteiger partial charge in [0.2, 0.25) is 0 Å². The fourth-order valence-electron chi connectivity index (χ4n) is 4.17. The summed E-state index contributed by atoms with van der Waals surface area (Å²) in [7, 11) is 0. The van der Waals surface area contributed by atoms with Gasteiger partial charge in [-0.05, 0) is 62.3 Å². The molecule has 0 radical (unpaired) electrons. The van der Waals surface area contributed by atoms with Crippen LogP contribution in [-0.2, 0) is 9.59 Å². The summed E-state index contributed by atoms with van der Waals surface area (Å²) in [4.78, 5) is 30.0. The van der Waals surface area contributed by atoms with E-state index in [-0.39, 0.29) is 22.8 Å². The van der Waals surface area contributed by atoms with Gasteiger partial charge < -0.3 is 24.7 Å². The molecule has 2 N–H and O–H groups in total. The lowest BCUT2D eigenvalue weighted by Gasteiger charge is -2.28. The summed E-state index contributed by atoms with van der Waals surface area (Å²) < 4.78 is 6.41. The van der Waals surface area contributed by atoms with Crippen LogP contribution in [0.2, 0.25) is 0 Å². The van der Waals surface area contributed by atoms with E-state index in [1.54, 1.807) is 37.3 Å². The molecule has 34 heavy (non-hydrogen) atoms. The molecule has 8 heteroatoms. The highest BCUT2D eigenvalue weighted by molar-refractivity contribution is 9.10. The van der Waals surface area contributed by atoms with Crippen molar-refractivity contribution in [2.75, 3.05) is 32.8 Å². The minimum atomic E-state index is -0.806.